The molecule has 1 amide bonds. The summed E-state index contributed by atoms with van der Waals surface area (Å²) < 4.78 is 12.9. The summed E-state index contributed by atoms with van der Waals surface area (Å²) in [5, 5.41) is 7.12. The second-order valence-electron chi connectivity index (χ2n) is 2.38. The molecule has 0 unspecified atom stereocenters. The number of nitrogens with zero attached hydrogens (tertiary/aromatic N) is 1. The average molecular weight is 182 g/mol. The predicted molar refractivity (Wildman–Crippen MR) is 34.3 cm³/mol. The van der Waals surface area contributed by atoms with Crippen LogP contribution in [0.5, 0.6) is 0 Å². The van der Waals surface area contributed by atoms with Gasteiger partial charge in [0.05, 0.1) is 13.1 Å². The largest absolute Gasteiger partial charge is 0.465 e. The van der Waals surface area contributed by atoms with Gasteiger partial charge < -0.3 is 10.0 Å². The molecule has 0 aliphatic carbocycles. The van der Waals surface area contributed by atoms with E-state index in [1.54, 1.807) is 0 Å². The Labute approximate surface area is 66.5 Å². The number of rotatable bonds is 1. The van der Waals surface area contributed by atoms with Crippen molar-refractivity contribution in [2.45, 2.75) is 5.67 Å². The van der Waals surface area contributed by atoms with Crippen LogP contribution in [0, 0.1) is 0 Å². The predicted octanol–water partition coefficient (Wildman–Crippen LogP) is 0.454. The van der Waals surface area contributed by atoms with Crippen LogP contribution in [0.1, 0.15) is 0 Å². The van der Waals surface area contributed by atoms with Crippen molar-refractivity contribution in [1.29, 1.82) is 0 Å². The molecule has 1 fully saturated rings. The zero-order valence-corrected chi connectivity index (χ0v) is 6.14. The van der Waals surface area contributed by atoms with E-state index in [1.165, 1.54) is 0 Å². The van der Waals surface area contributed by atoms with E-state index in [9.17, 15) is 14.0 Å². The summed E-state index contributed by atoms with van der Waals surface area (Å²) in [6.07, 6.45) is -1.24. The minimum atomic E-state index is -2.15. The van der Waals surface area contributed by atoms with Gasteiger partial charge in [0.1, 0.15) is 0 Å². The average Bonchev–Trinajstić information content (AvgIpc) is 1.79. The summed E-state index contributed by atoms with van der Waals surface area (Å²) in [5.41, 5.74) is -2.15. The summed E-state index contributed by atoms with van der Waals surface area (Å²) in [6.45, 7) is -0.907. The van der Waals surface area contributed by atoms with E-state index in [4.69, 9.17) is 16.7 Å². The molecule has 6 heteroatoms. The topological polar surface area (TPSA) is 57.6 Å². The van der Waals surface area contributed by atoms with Gasteiger partial charge in [-0.2, -0.15) is 0 Å². The standard InChI is InChI=1S/C5H5ClFNO3/c6-3(9)5(7)1-8(2-5)4(10)11/h1-2H2,(H,10,11). The van der Waals surface area contributed by atoms with Crippen LogP contribution >= 0.6 is 11.6 Å². The van der Waals surface area contributed by atoms with Gasteiger partial charge in [0.2, 0.25) is 5.67 Å². The Kier molecular flexibility index (Phi) is 1.75. The van der Waals surface area contributed by atoms with Crippen LogP contribution in [-0.2, 0) is 4.79 Å². The van der Waals surface area contributed by atoms with E-state index in [0.717, 1.165) is 4.90 Å². The lowest BCUT2D eigenvalue weighted by Crippen LogP contribution is -2.63. The molecule has 1 aliphatic rings. The maximum atomic E-state index is 12.9. The molecule has 62 valence electrons. The van der Waals surface area contributed by atoms with E-state index < -0.39 is 30.1 Å². The molecule has 11 heavy (non-hydrogen) atoms. The SMILES string of the molecule is O=C(O)N1CC(F)(C(=O)Cl)C1. The third-order valence-corrected chi connectivity index (χ3v) is 1.84. The number of hydrogen-bond donors (Lipinski definition) is 1. The van der Waals surface area contributed by atoms with Gasteiger partial charge >= 0.3 is 6.09 Å². The molecular weight excluding hydrogens is 177 g/mol. The molecule has 1 rings (SSSR count). The van der Waals surface area contributed by atoms with Crippen molar-refractivity contribution in [2.24, 2.45) is 0 Å². The maximum absolute atomic E-state index is 12.9. The Morgan fingerprint density at radius 3 is 2.27 bits per heavy atom. The molecule has 1 heterocycles. The first-order valence-electron chi connectivity index (χ1n) is 2.82. The first kappa shape index (κ1) is 8.26. The first-order valence-corrected chi connectivity index (χ1v) is 3.20. The lowest BCUT2D eigenvalue weighted by molar-refractivity contribution is -0.131. The van der Waals surface area contributed by atoms with Gasteiger partial charge in [-0.15, -0.1) is 0 Å². The fourth-order valence-electron chi connectivity index (χ4n) is 0.818. The van der Waals surface area contributed by atoms with E-state index in [1.807, 2.05) is 0 Å². The van der Waals surface area contributed by atoms with Crippen molar-refractivity contribution < 1.29 is 19.1 Å². The van der Waals surface area contributed by atoms with E-state index >= 15 is 0 Å². The molecule has 0 spiro atoms. The molecule has 1 aliphatic heterocycles. The van der Waals surface area contributed by atoms with Crippen LogP contribution in [0.25, 0.3) is 0 Å². The molecule has 1 N–H and O–H groups in total. The lowest BCUT2D eigenvalue weighted by atomic mass is 9.99. The highest BCUT2D eigenvalue weighted by Gasteiger charge is 2.51. The molecule has 0 aromatic heterocycles. The van der Waals surface area contributed by atoms with Crippen LogP contribution < -0.4 is 0 Å². The molecule has 0 aromatic carbocycles. The number of carboxylic acid groups (broad SMARTS) is 1. The minimum absolute atomic E-state index is 0.454. The van der Waals surface area contributed by atoms with Crippen molar-refractivity contribution in [1.82, 2.24) is 4.90 Å². The van der Waals surface area contributed by atoms with E-state index in [0.29, 0.717) is 0 Å². The fraction of sp³-hybridized carbons (Fsp3) is 0.600. The summed E-state index contributed by atoms with van der Waals surface area (Å²) in [4.78, 5) is 21.2. The normalized spacial score (nSPS) is 20.7. The quantitative estimate of drug-likeness (QED) is 0.598. The highest BCUT2D eigenvalue weighted by molar-refractivity contribution is 6.65. The molecule has 0 bridgehead atoms. The highest BCUT2D eigenvalue weighted by atomic mass is 35.5. The number of amides is 1. The number of carbonyl (C=O) groups excluding carboxylic acids is 1. The van der Waals surface area contributed by atoms with Gasteiger partial charge in [-0.1, -0.05) is 0 Å². The van der Waals surface area contributed by atoms with Gasteiger partial charge in [0.25, 0.3) is 5.24 Å². The molecule has 0 atom stereocenters. The molecular formula is C5H5ClFNO3. The fourth-order valence-corrected chi connectivity index (χ4v) is 0.938. The Morgan fingerprint density at radius 1 is 1.55 bits per heavy atom. The van der Waals surface area contributed by atoms with Crippen LogP contribution in [0.4, 0.5) is 9.18 Å². The van der Waals surface area contributed by atoms with Crippen molar-refractivity contribution in [2.75, 3.05) is 13.1 Å². The first-order chi connectivity index (χ1) is 4.96. The number of alkyl halides is 1. The third-order valence-electron chi connectivity index (χ3n) is 1.51. The number of carbonyl (C=O) groups is 2. The molecule has 4 nitrogen and oxygen atoms in total. The number of hydrogen-bond acceptors (Lipinski definition) is 2. The summed E-state index contributed by atoms with van der Waals surface area (Å²) in [7, 11) is 0. The van der Waals surface area contributed by atoms with E-state index in [-0.39, 0.29) is 0 Å². The zero-order valence-electron chi connectivity index (χ0n) is 5.38. The molecule has 1 saturated heterocycles. The van der Waals surface area contributed by atoms with Crippen molar-refractivity contribution >= 4 is 22.9 Å². The monoisotopic (exact) mass is 181 g/mol. The Balaban J connectivity index is 2.50. The molecule has 0 radical (unpaired) electrons. The molecule has 0 saturated carbocycles. The Morgan fingerprint density at radius 2 is 2.00 bits per heavy atom. The van der Waals surface area contributed by atoms with Crippen LogP contribution in [0.15, 0.2) is 0 Å². The smallest absolute Gasteiger partial charge is 0.407 e. The minimum Gasteiger partial charge on any atom is -0.465 e. The second kappa shape index (κ2) is 2.34. The van der Waals surface area contributed by atoms with Gasteiger partial charge in [-0.3, -0.25) is 4.79 Å². The van der Waals surface area contributed by atoms with Gasteiger partial charge in [-0.25, -0.2) is 9.18 Å². The summed E-state index contributed by atoms with van der Waals surface area (Å²) >= 11 is 4.86. The zero-order chi connectivity index (χ0) is 8.65. The number of likely N-dealkylation sites (tertiary alicyclic amines) is 1. The number of halogens is 2. The van der Waals surface area contributed by atoms with E-state index in [2.05, 4.69) is 0 Å². The second-order valence-corrected chi connectivity index (χ2v) is 2.72. The van der Waals surface area contributed by atoms with Crippen LogP contribution in [0.2, 0.25) is 0 Å². The van der Waals surface area contributed by atoms with Crippen molar-refractivity contribution in [3.05, 3.63) is 0 Å². The van der Waals surface area contributed by atoms with Crippen LogP contribution in [0.3, 0.4) is 0 Å². The highest BCUT2D eigenvalue weighted by Crippen LogP contribution is 2.27. The van der Waals surface area contributed by atoms with Gasteiger partial charge in [-0.05, 0) is 11.6 Å². The van der Waals surface area contributed by atoms with Gasteiger partial charge in [0.15, 0.2) is 0 Å². The summed E-state index contributed by atoms with van der Waals surface area (Å²) in [5.74, 6) is 0. The van der Waals surface area contributed by atoms with Gasteiger partial charge in [0, 0.05) is 0 Å². The summed E-state index contributed by atoms with van der Waals surface area (Å²) in [6, 6.07) is 0. The van der Waals surface area contributed by atoms with Crippen LogP contribution in [-0.4, -0.2) is 40.1 Å². The Hall–Kier alpha value is -0.840. The third kappa shape index (κ3) is 1.28. The lowest BCUT2D eigenvalue weighted by Gasteiger charge is -2.39. The maximum Gasteiger partial charge on any atom is 0.407 e. The van der Waals surface area contributed by atoms with Crippen molar-refractivity contribution in [3.63, 3.8) is 0 Å². The molecule has 0 aromatic rings. The Bertz CT molecular complexity index is 214. The van der Waals surface area contributed by atoms with Crippen molar-refractivity contribution in [3.8, 4) is 0 Å².